The SMILES string of the molecule is CC1(C)OCC(=O)NC(C)(c2cc(Nc3cncc(F)c3)ccc2F)C1(F)F. The van der Waals surface area contributed by atoms with E-state index >= 15 is 8.78 Å². The molecule has 9 heteroatoms. The molecule has 0 spiro atoms. The van der Waals surface area contributed by atoms with Crippen LogP contribution < -0.4 is 10.6 Å². The molecule has 0 saturated carbocycles. The Morgan fingerprint density at radius 1 is 1.11 bits per heavy atom. The maximum atomic E-state index is 15.4. The van der Waals surface area contributed by atoms with Crippen molar-refractivity contribution < 1.29 is 27.1 Å². The van der Waals surface area contributed by atoms with E-state index in [0.717, 1.165) is 45.2 Å². The van der Waals surface area contributed by atoms with E-state index in [9.17, 15) is 13.6 Å². The number of hydrogen-bond acceptors (Lipinski definition) is 4. The highest BCUT2D eigenvalue weighted by atomic mass is 19.3. The summed E-state index contributed by atoms with van der Waals surface area (Å²) in [6, 6.07) is 4.61. The third-order valence-corrected chi connectivity index (χ3v) is 4.84. The average Bonchev–Trinajstić information content (AvgIpc) is 2.66. The summed E-state index contributed by atoms with van der Waals surface area (Å²) in [6.45, 7) is 2.76. The molecule has 2 heterocycles. The number of aromatic nitrogens is 1. The van der Waals surface area contributed by atoms with Crippen molar-refractivity contribution in [2.75, 3.05) is 11.9 Å². The lowest BCUT2D eigenvalue weighted by Crippen LogP contribution is -2.62. The van der Waals surface area contributed by atoms with Crippen LogP contribution in [-0.4, -0.2) is 29.0 Å². The van der Waals surface area contributed by atoms with Gasteiger partial charge >= 0.3 is 5.92 Å². The molecule has 150 valence electrons. The number of carbonyl (C=O) groups is 1. The van der Waals surface area contributed by atoms with E-state index in [1.165, 1.54) is 12.3 Å². The van der Waals surface area contributed by atoms with E-state index in [4.69, 9.17) is 4.74 Å². The number of nitrogens with zero attached hydrogens (tertiary/aromatic N) is 1. The molecule has 2 N–H and O–H groups in total. The minimum atomic E-state index is -3.66. The molecule has 28 heavy (non-hydrogen) atoms. The van der Waals surface area contributed by atoms with Gasteiger partial charge in [-0.2, -0.15) is 0 Å². The first-order chi connectivity index (χ1) is 13.0. The van der Waals surface area contributed by atoms with Crippen LogP contribution in [0.3, 0.4) is 0 Å². The summed E-state index contributed by atoms with van der Waals surface area (Å²) in [5, 5.41) is 4.99. The minimum Gasteiger partial charge on any atom is -0.359 e. The fourth-order valence-electron chi connectivity index (χ4n) is 3.20. The van der Waals surface area contributed by atoms with Crippen LogP contribution in [0.2, 0.25) is 0 Å². The second-order valence-corrected chi connectivity index (χ2v) is 7.26. The van der Waals surface area contributed by atoms with Gasteiger partial charge in [-0.25, -0.2) is 17.6 Å². The molecular weight excluding hydrogens is 378 g/mol. The molecule has 0 bridgehead atoms. The first-order valence-electron chi connectivity index (χ1n) is 8.47. The monoisotopic (exact) mass is 397 g/mol. The van der Waals surface area contributed by atoms with Crippen LogP contribution in [0, 0.1) is 11.6 Å². The zero-order chi connectivity index (χ0) is 20.7. The number of ether oxygens (including phenoxy) is 1. The molecule has 1 atom stereocenters. The molecule has 0 aliphatic carbocycles. The van der Waals surface area contributed by atoms with Crippen LogP contribution in [-0.2, 0) is 15.1 Å². The van der Waals surface area contributed by atoms with Crippen molar-refractivity contribution in [3.63, 3.8) is 0 Å². The quantitative estimate of drug-likeness (QED) is 0.772. The van der Waals surface area contributed by atoms with E-state index in [1.807, 2.05) is 0 Å². The first kappa shape index (κ1) is 20.1. The van der Waals surface area contributed by atoms with Crippen LogP contribution in [0.5, 0.6) is 0 Å². The van der Waals surface area contributed by atoms with E-state index in [0.29, 0.717) is 0 Å². The largest absolute Gasteiger partial charge is 0.359 e. The molecule has 2 aromatic rings. The van der Waals surface area contributed by atoms with Gasteiger partial charge in [0.1, 0.15) is 29.4 Å². The Balaban J connectivity index is 2.09. The van der Waals surface area contributed by atoms with Gasteiger partial charge in [0, 0.05) is 17.3 Å². The lowest BCUT2D eigenvalue weighted by Gasteiger charge is -2.43. The van der Waals surface area contributed by atoms with Gasteiger partial charge in [-0.05, 0) is 39.0 Å². The number of carbonyl (C=O) groups excluding carboxylic acids is 1. The first-order valence-corrected chi connectivity index (χ1v) is 8.47. The van der Waals surface area contributed by atoms with Gasteiger partial charge in [0.15, 0.2) is 0 Å². The van der Waals surface area contributed by atoms with Crippen LogP contribution in [0.25, 0.3) is 0 Å². The number of anilines is 2. The average molecular weight is 397 g/mol. The summed E-state index contributed by atoms with van der Waals surface area (Å²) in [6.07, 6.45) is 2.33. The molecule has 1 aromatic carbocycles. The summed E-state index contributed by atoms with van der Waals surface area (Å²) >= 11 is 0. The highest BCUT2D eigenvalue weighted by Gasteiger charge is 2.64. The van der Waals surface area contributed by atoms with E-state index in [2.05, 4.69) is 15.6 Å². The second kappa shape index (κ2) is 6.73. The van der Waals surface area contributed by atoms with Gasteiger partial charge in [-0.1, -0.05) is 0 Å². The van der Waals surface area contributed by atoms with Crippen molar-refractivity contribution >= 4 is 17.3 Å². The highest BCUT2D eigenvalue weighted by Crippen LogP contribution is 2.48. The van der Waals surface area contributed by atoms with Gasteiger partial charge in [0.25, 0.3) is 0 Å². The molecule has 1 amide bonds. The van der Waals surface area contributed by atoms with E-state index in [1.54, 1.807) is 0 Å². The lowest BCUT2D eigenvalue weighted by molar-refractivity contribution is -0.216. The number of alkyl halides is 2. The van der Waals surface area contributed by atoms with Crippen molar-refractivity contribution in [2.24, 2.45) is 0 Å². The molecule has 5 nitrogen and oxygen atoms in total. The molecule has 1 aliphatic heterocycles. The molecule has 1 saturated heterocycles. The Kier molecular flexibility index (Phi) is 4.82. The van der Waals surface area contributed by atoms with Crippen LogP contribution in [0.15, 0.2) is 36.7 Å². The smallest absolute Gasteiger partial charge is 0.302 e. The summed E-state index contributed by atoms with van der Waals surface area (Å²) in [7, 11) is 0. The fraction of sp³-hybridized carbons (Fsp3) is 0.368. The van der Waals surface area contributed by atoms with E-state index in [-0.39, 0.29) is 11.4 Å². The molecule has 0 radical (unpaired) electrons. The molecule has 1 aliphatic rings. The number of rotatable bonds is 3. The lowest BCUT2D eigenvalue weighted by atomic mass is 9.77. The van der Waals surface area contributed by atoms with Crippen molar-refractivity contribution in [1.29, 1.82) is 0 Å². The number of hydrogen-bond donors (Lipinski definition) is 2. The van der Waals surface area contributed by atoms with Gasteiger partial charge < -0.3 is 15.4 Å². The normalized spacial score (nSPS) is 23.6. The van der Waals surface area contributed by atoms with Crippen LogP contribution in [0.4, 0.5) is 28.9 Å². The summed E-state index contributed by atoms with van der Waals surface area (Å²) in [4.78, 5) is 15.7. The third kappa shape index (κ3) is 3.30. The Bertz CT molecular complexity index is 920. The number of pyridine rings is 1. The molecule has 1 fully saturated rings. The Labute approximate surface area is 159 Å². The van der Waals surface area contributed by atoms with Crippen LogP contribution in [0.1, 0.15) is 26.3 Å². The summed E-state index contributed by atoms with van der Waals surface area (Å²) < 4.78 is 63.7. The molecule has 1 aromatic heterocycles. The zero-order valence-electron chi connectivity index (χ0n) is 15.4. The Hall–Kier alpha value is -2.68. The van der Waals surface area contributed by atoms with Gasteiger partial charge in [0.05, 0.1) is 18.1 Å². The van der Waals surface area contributed by atoms with Crippen LogP contribution >= 0.6 is 0 Å². The topological polar surface area (TPSA) is 63.2 Å². The Morgan fingerprint density at radius 2 is 1.82 bits per heavy atom. The third-order valence-electron chi connectivity index (χ3n) is 4.84. The number of amides is 1. The maximum Gasteiger partial charge on any atom is 0.302 e. The van der Waals surface area contributed by atoms with Gasteiger partial charge in [-0.3, -0.25) is 9.78 Å². The number of nitrogens with one attached hydrogen (secondary N) is 2. The van der Waals surface area contributed by atoms with E-state index < -0.39 is 46.8 Å². The predicted molar refractivity (Wildman–Crippen MR) is 94.4 cm³/mol. The van der Waals surface area contributed by atoms with Crippen molar-refractivity contribution in [1.82, 2.24) is 10.3 Å². The number of halogens is 4. The molecule has 1 unspecified atom stereocenters. The molecule has 3 rings (SSSR count). The summed E-state index contributed by atoms with van der Waals surface area (Å²) in [5.74, 6) is -5.98. The second-order valence-electron chi connectivity index (χ2n) is 7.26. The minimum absolute atomic E-state index is 0.220. The molecular formula is C19H19F4N3O2. The standard InChI is InChI=1S/C19H19F4N3O2/c1-17(2)19(22,23)18(3,26-16(27)10-28-17)14-7-12(4-5-15(14)21)25-13-6-11(20)8-24-9-13/h4-9,25H,10H2,1-3H3,(H,26,27). The predicted octanol–water partition coefficient (Wildman–Crippen LogP) is 3.88. The number of benzene rings is 1. The Morgan fingerprint density at radius 3 is 2.50 bits per heavy atom. The zero-order valence-corrected chi connectivity index (χ0v) is 15.4. The van der Waals surface area contributed by atoms with Crippen molar-refractivity contribution in [2.45, 2.75) is 37.8 Å². The summed E-state index contributed by atoms with van der Waals surface area (Å²) in [5.41, 5.74) is -4.38. The highest BCUT2D eigenvalue weighted by molar-refractivity contribution is 5.79. The van der Waals surface area contributed by atoms with Crippen molar-refractivity contribution in [3.8, 4) is 0 Å². The fourth-order valence-corrected chi connectivity index (χ4v) is 3.20. The maximum absolute atomic E-state index is 15.4. The van der Waals surface area contributed by atoms with Gasteiger partial charge in [0.2, 0.25) is 5.91 Å². The van der Waals surface area contributed by atoms with Gasteiger partial charge in [-0.15, -0.1) is 0 Å². The van der Waals surface area contributed by atoms with Crippen molar-refractivity contribution in [3.05, 3.63) is 53.9 Å².